The van der Waals surface area contributed by atoms with Crippen LogP contribution < -0.4 is 0 Å². The normalized spacial score (nSPS) is 40.6. The van der Waals surface area contributed by atoms with E-state index in [2.05, 4.69) is 39.5 Å². The smallest absolute Gasteiger partial charge is 0.0757 e. The van der Waals surface area contributed by atoms with Crippen LogP contribution in [0, 0.1) is 11.8 Å². The van der Waals surface area contributed by atoms with Gasteiger partial charge in [0.05, 0.1) is 17.8 Å². The van der Waals surface area contributed by atoms with Crippen LogP contribution >= 0.6 is 0 Å². The number of aliphatic hydroxyl groups is 1. The molecule has 1 saturated heterocycles. The molecule has 4 atom stereocenters. The Morgan fingerprint density at radius 2 is 1.95 bits per heavy atom. The molecule has 1 heterocycles. The van der Waals surface area contributed by atoms with E-state index < -0.39 is 0 Å². The van der Waals surface area contributed by atoms with Crippen LogP contribution in [-0.4, -0.2) is 46.9 Å². The molecule has 1 aliphatic heterocycles. The van der Waals surface area contributed by atoms with Crippen molar-refractivity contribution < 1.29 is 9.84 Å². The van der Waals surface area contributed by atoms with E-state index in [9.17, 15) is 5.11 Å². The van der Waals surface area contributed by atoms with Gasteiger partial charge in [0.1, 0.15) is 0 Å². The van der Waals surface area contributed by atoms with E-state index in [-0.39, 0.29) is 17.8 Å². The van der Waals surface area contributed by atoms with Crippen LogP contribution in [0.3, 0.4) is 0 Å². The zero-order valence-electron chi connectivity index (χ0n) is 13.2. The molecule has 1 saturated carbocycles. The summed E-state index contributed by atoms with van der Waals surface area (Å²) in [5.41, 5.74) is -0.0951. The summed E-state index contributed by atoms with van der Waals surface area (Å²) in [4.78, 5) is 2.48. The maximum absolute atomic E-state index is 10.4. The predicted octanol–water partition coefficient (Wildman–Crippen LogP) is 2.67. The minimum absolute atomic E-state index is 0.0951. The van der Waals surface area contributed by atoms with E-state index in [0.717, 1.165) is 37.8 Å². The van der Waals surface area contributed by atoms with Crippen molar-refractivity contribution in [2.24, 2.45) is 11.8 Å². The van der Waals surface area contributed by atoms with Gasteiger partial charge in [-0.15, -0.1) is 0 Å². The molecule has 19 heavy (non-hydrogen) atoms. The van der Waals surface area contributed by atoms with Crippen LogP contribution in [0.5, 0.6) is 0 Å². The molecule has 2 aliphatic rings. The first-order valence-electron chi connectivity index (χ1n) is 7.88. The summed E-state index contributed by atoms with van der Waals surface area (Å²) >= 11 is 0. The second-order valence-electron chi connectivity index (χ2n) is 7.57. The highest BCUT2D eigenvalue weighted by molar-refractivity contribution is 4.93. The Labute approximate surface area is 118 Å². The summed E-state index contributed by atoms with van der Waals surface area (Å²) in [5, 5.41) is 10.4. The van der Waals surface area contributed by atoms with Gasteiger partial charge >= 0.3 is 0 Å². The van der Waals surface area contributed by atoms with Crippen molar-refractivity contribution in [1.29, 1.82) is 0 Å². The lowest BCUT2D eigenvalue weighted by Gasteiger charge is -2.49. The molecule has 0 bridgehead atoms. The molecule has 4 unspecified atom stereocenters. The Morgan fingerprint density at radius 1 is 1.26 bits per heavy atom. The second-order valence-corrected chi connectivity index (χ2v) is 7.57. The van der Waals surface area contributed by atoms with Crippen molar-refractivity contribution in [1.82, 2.24) is 4.90 Å². The Hall–Kier alpha value is -0.120. The van der Waals surface area contributed by atoms with Crippen LogP contribution in [0.25, 0.3) is 0 Å². The van der Waals surface area contributed by atoms with Crippen molar-refractivity contribution in [2.45, 2.75) is 77.7 Å². The number of ether oxygens (including phenoxy) is 1. The summed E-state index contributed by atoms with van der Waals surface area (Å²) in [7, 11) is 0. The minimum atomic E-state index is -0.156. The quantitative estimate of drug-likeness (QED) is 0.836. The van der Waals surface area contributed by atoms with Gasteiger partial charge in [0.15, 0.2) is 0 Å². The monoisotopic (exact) mass is 269 g/mol. The van der Waals surface area contributed by atoms with Crippen molar-refractivity contribution >= 4 is 0 Å². The minimum Gasteiger partial charge on any atom is -0.391 e. The standard InChI is InChI=1S/C16H31NO2/c1-11(2)13-6-7-15(18)14(8-13)17-9-12(3)19-16(4,5)10-17/h11-15,18H,6-10H2,1-5H3. The van der Waals surface area contributed by atoms with Gasteiger partial charge < -0.3 is 9.84 Å². The zero-order valence-corrected chi connectivity index (χ0v) is 13.2. The van der Waals surface area contributed by atoms with E-state index in [1.54, 1.807) is 0 Å². The number of hydrogen-bond donors (Lipinski definition) is 1. The Balaban J connectivity index is 2.05. The van der Waals surface area contributed by atoms with Gasteiger partial charge in [-0.3, -0.25) is 4.90 Å². The van der Waals surface area contributed by atoms with Crippen molar-refractivity contribution in [2.75, 3.05) is 13.1 Å². The van der Waals surface area contributed by atoms with Gasteiger partial charge in [-0.2, -0.15) is 0 Å². The lowest BCUT2D eigenvalue weighted by Crippen LogP contribution is -2.59. The molecule has 0 radical (unpaired) electrons. The Kier molecular flexibility index (Phi) is 4.59. The summed E-state index contributed by atoms with van der Waals surface area (Å²) in [6, 6.07) is 0.326. The largest absolute Gasteiger partial charge is 0.391 e. The molecule has 2 rings (SSSR count). The molecular weight excluding hydrogens is 238 g/mol. The summed E-state index contributed by atoms with van der Waals surface area (Å²) in [6.07, 6.45) is 3.38. The molecule has 3 nitrogen and oxygen atoms in total. The fourth-order valence-corrected chi connectivity index (χ4v) is 3.92. The third-order valence-corrected chi connectivity index (χ3v) is 4.83. The third-order valence-electron chi connectivity index (χ3n) is 4.83. The first kappa shape index (κ1) is 15.3. The van der Waals surface area contributed by atoms with Crippen molar-refractivity contribution in [3.8, 4) is 0 Å². The van der Waals surface area contributed by atoms with E-state index in [1.165, 1.54) is 6.42 Å². The lowest BCUT2D eigenvalue weighted by atomic mass is 9.77. The highest BCUT2D eigenvalue weighted by Gasteiger charge is 2.40. The molecule has 0 aromatic carbocycles. The number of hydrogen-bond acceptors (Lipinski definition) is 3. The molecule has 0 amide bonds. The lowest BCUT2D eigenvalue weighted by molar-refractivity contribution is -0.153. The number of nitrogens with zero attached hydrogens (tertiary/aromatic N) is 1. The SMILES string of the molecule is CC1CN(C2CC(C(C)C)CCC2O)CC(C)(C)O1. The first-order chi connectivity index (χ1) is 8.78. The van der Waals surface area contributed by atoms with Gasteiger partial charge in [0, 0.05) is 19.1 Å². The van der Waals surface area contributed by atoms with E-state index >= 15 is 0 Å². The van der Waals surface area contributed by atoms with Crippen molar-refractivity contribution in [3.05, 3.63) is 0 Å². The number of morpholine rings is 1. The van der Waals surface area contributed by atoms with Gasteiger partial charge in [-0.05, 0) is 51.9 Å². The maximum atomic E-state index is 10.4. The van der Waals surface area contributed by atoms with E-state index in [0.29, 0.717) is 6.04 Å². The van der Waals surface area contributed by atoms with E-state index in [4.69, 9.17) is 4.74 Å². The second kappa shape index (κ2) is 5.71. The molecule has 0 aromatic rings. The molecule has 1 N–H and O–H groups in total. The molecule has 112 valence electrons. The molecule has 0 spiro atoms. The molecule has 2 fully saturated rings. The van der Waals surface area contributed by atoms with E-state index in [1.807, 2.05) is 0 Å². The highest BCUT2D eigenvalue weighted by atomic mass is 16.5. The van der Waals surface area contributed by atoms with Gasteiger partial charge in [0.25, 0.3) is 0 Å². The average molecular weight is 269 g/mol. The zero-order chi connectivity index (χ0) is 14.2. The number of rotatable bonds is 2. The van der Waals surface area contributed by atoms with Gasteiger partial charge in [-0.1, -0.05) is 13.8 Å². The topological polar surface area (TPSA) is 32.7 Å². The summed E-state index contributed by atoms with van der Waals surface area (Å²) in [5.74, 6) is 1.48. The maximum Gasteiger partial charge on any atom is 0.0757 e. The van der Waals surface area contributed by atoms with Crippen LogP contribution in [0.15, 0.2) is 0 Å². The highest BCUT2D eigenvalue weighted by Crippen LogP contribution is 2.35. The predicted molar refractivity (Wildman–Crippen MR) is 78.2 cm³/mol. The van der Waals surface area contributed by atoms with Crippen molar-refractivity contribution in [3.63, 3.8) is 0 Å². The number of aliphatic hydroxyl groups excluding tert-OH is 1. The Morgan fingerprint density at radius 3 is 2.53 bits per heavy atom. The first-order valence-corrected chi connectivity index (χ1v) is 7.88. The molecule has 0 aromatic heterocycles. The third kappa shape index (κ3) is 3.71. The molecule has 3 heteroatoms. The summed E-state index contributed by atoms with van der Waals surface area (Å²) in [6.45, 7) is 13.0. The van der Waals surface area contributed by atoms with Crippen LogP contribution in [0.1, 0.15) is 53.9 Å². The summed E-state index contributed by atoms with van der Waals surface area (Å²) < 4.78 is 5.98. The fourth-order valence-electron chi connectivity index (χ4n) is 3.92. The molecular formula is C16H31NO2. The van der Waals surface area contributed by atoms with Crippen LogP contribution in [0.4, 0.5) is 0 Å². The Bertz CT molecular complexity index is 303. The van der Waals surface area contributed by atoms with Crippen LogP contribution in [0.2, 0.25) is 0 Å². The average Bonchev–Trinajstić information content (AvgIpc) is 2.26. The fraction of sp³-hybridized carbons (Fsp3) is 1.00. The van der Waals surface area contributed by atoms with Crippen LogP contribution in [-0.2, 0) is 4.74 Å². The molecule has 1 aliphatic carbocycles. The van der Waals surface area contributed by atoms with Gasteiger partial charge in [-0.25, -0.2) is 0 Å². The van der Waals surface area contributed by atoms with Gasteiger partial charge in [0.2, 0.25) is 0 Å².